The molecule has 0 unspecified atom stereocenters. The van der Waals surface area contributed by atoms with E-state index in [2.05, 4.69) is 19.2 Å². The third kappa shape index (κ3) is 3.51. The fourth-order valence-corrected chi connectivity index (χ4v) is 4.11. The molecule has 144 valence electrons. The highest BCUT2D eigenvalue weighted by molar-refractivity contribution is 6.04. The molecule has 0 bridgehead atoms. The zero-order chi connectivity index (χ0) is 19.9. The summed E-state index contributed by atoms with van der Waals surface area (Å²) < 4.78 is 5.05. The standard InChI is InChI=1S/C22H28N2O3/c1-13-18(21(26)27-6)19(14-7-9-15(10-8-14)24(4)5)20-16(23-13)11-22(2,3)12-17(20)25/h7-10,19,23H,11-12H2,1-6H3/t19-/m0/s1. The highest BCUT2D eigenvalue weighted by atomic mass is 16.5. The first kappa shape index (κ1) is 19.2. The van der Waals surface area contributed by atoms with Crippen LogP contribution in [0.5, 0.6) is 0 Å². The van der Waals surface area contributed by atoms with Crippen LogP contribution in [0.25, 0.3) is 0 Å². The fourth-order valence-electron chi connectivity index (χ4n) is 4.11. The molecule has 5 heteroatoms. The Morgan fingerprint density at radius 2 is 1.81 bits per heavy atom. The Morgan fingerprint density at radius 3 is 2.37 bits per heavy atom. The van der Waals surface area contributed by atoms with Gasteiger partial charge in [-0.25, -0.2) is 4.79 Å². The van der Waals surface area contributed by atoms with Crippen molar-refractivity contribution in [3.05, 3.63) is 52.4 Å². The summed E-state index contributed by atoms with van der Waals surface area (Å²) >= 11 is 0. The largest absolute Gasteiger partial charge is 0.466 e. The van der Waals surface area contributed by atoms with Gasteiger partial charge in [0.15, 0.2) is 5.78 Å². The number of esters is 1. The number of methoxy groups -OCH3 is 1. The maximum absolute atomic E-state index is 13.1. The summed E-state index contributed by atoms with van der Waals surface area (Å²) in [4.78, 5) is 27.7. The van der Waals surface area contributed by atoms with Gasteiger partial charge in [0, 0.05) is 49.1 Å². The minimum Gasteiger partial charge on any atom is -0.466 e. The van der Waals surface area contributed by atoms with E-state index in [1.165, 1.54) is 7.11 Å². The van der Waals surface area contributed by atoms with Gasteiger partial charge in [-0.1, -0.05) is 26.0 Å². The number of rotatable bonds is 3. The van der Waals surface area contributed by atoms with E-state index < -0.39 is 11.9 Å². The van der Waals surface area contributed by atoms with Crippen molar-refractivity contribution < 1.29 is 14.3 Å². The molecule has 0 saturated carbocycles. The average Bonchev–Trinajstić information content (AvgIpc) is 2.58. The molecule has 2 aliphatic rings. The summed E-state index contributed by atoms with van der Waals surface area (Å²) in [6, 6.07) is 8.02. The molecule has 0 spiro atoms. The number of nitrogens with one attached hydrogen (secondary N) is 1. The van der Waals surface area contributed by atoms with Gasteiger partial charge in [0.2, 0.25) is 0 Å². The number of allylic oxidation sites excluding steroid dienone is 3. The molecule has 0 saturated heterocycles. The molecule has 1 aliphatic carbocycles. The monoisotopic (exact) mass is 368 g/mol. The number of ketones is 1. The molecule has 1 aliphatic heterocycles. The summed E-state index contributed by atoms with van der Waals surface area (Å²) in [5.74, 6) is -0.691. The molecule has 1 heterocycles. The molecule has 0 aromatic heterocycles. The van der Waals surface area contributed by atoms with Crippen molar-refractivity contribution in [3.8, 4) is 0 Å². The first-order valence-corrected chi connectivity index (χ1v) is 9.24. The number of nitrogens with zero attached hydrogens (tertiary/aromatic N) is 1. The van der Waals surface area contributed by atoms with Gasteiger partial charge < -0.3 is 15.0 Å². The van der Waals surface area contributed by atoms with Crippen LogP contribution < -0.4 is 10.2 Å². The molecule has 3 rings (SSSR count). The Hall–Kier alpha value is -2.56. The predicted octanol–water partition coefficient (Wildman–Crippen LogP) is 3.53. The second kappa shape index (κ2) is 6.87. The molecular formula is C22H28N2O3. The average molecular weight is 368 g/mol. The highest BCUT2D eigenvalue weighted by Crippen LogP contribution is 2.46. The van der Waals surface area contributed by atoms with Crippen molar-refractivity contribution in [1.82, 2.24) is 5.32 Å². The third-order valence-corrected chi connectivity index (χ3v) is 5.39. The van der Waals surface area contributed by atoms with Crippen molar-refractivity contribution in [3.63, 3.8) is 0 Å². The summed E-state index contributed by atoms with van der Waals surface area (Å²) in [7, 11) is 5.35. The number of carbonyl (C=O) groups excluding carboxylic acids is 2. The predicted molar refractivity (Wildman–Crippen MR) is 106 cm³/mol. The fraction of sp³-hybridized carbons (Fsp3) is 0.455. The third-order valence-electron chi connectivity index (χ3n) is 5.39. The smallest absolute Gasteiger partial charge is 0.336 e. The lowest BCUT2D eigenvalue weighted by molar-refractivity contribution is -0.136. The lowest BCUT2D eigenvalue weighted by atomic mass is 9.68. The second-order valence-electron chi connectivity index (χ2n) is 8.41. The van der Waals surface area contributed by atoms with E-state index in [9.17, 15) is 9.59 Å². The molecule has 5 nitrogen and oxygen atoms in total. The summed E-state index contributed by atoms with van der Waals surface area (Å²) in [5, 5.41) is 3.33. The maximum Gasteiger partial charge on any atom is 0.336 e. The van der Waals surface area contributed by atoms with Gasteiger partial charge in [-0.3, -0.25) is 4.79 Å². The van der Waals surface area contributed by atoms with E-state index in [1.807, 2.05) is 50.2 Å². The number of hydrogen-bond donors (Lipinski definition) is 1. The molecule has 1 aromatic carbocycles. The SMILES string of the molecule is COC(=O)C1=C(C)NC2=C(C(=O)CC(C)(C)C2)[C@H]1c1ccc(N(C)C)cc1. The number of Topliss-reactive ketones (excluding diaryl/α,β-unsaturated/α-hetero) is 1. The van der Waals surface area contributed by atoms with Gasteiger partial charge in [0.05, 0.1) is 12.7 Å². The molecule has 0 radical (unpaired) electrons. The number of dihydropyridines is 1. The number of carbonyl (C=O) groups is 2. The zero-order valence-electron chi connectivity index (χ0n) is 17.0. The van der Waals surface area contributed by atoms with Crippen LogP contribution in [0.4, 0.5) is 5.69 Å². The van der Waals surface area contributed by atoms with Crippen LogP contribution in [-0.4, -0.2) is 33.0 Å². The van der Waals surface area contributed by atoms with Gasteiger partial charge in [-0.2, -0.15) is 0 Å². The molecule has 1 aromatic rings. The van der Waals surface area contributed by atoms with Crippen LogP contribution in [0, 0.1) is 5.41 Å². The van der Waals surface area contributed by atoms with Gasteiger partial charge in [-0.15, -0.1) is 0 Å². The van der Waals surface area contributed by atoms with Crippen molar-refractivity contribution >= 4 is 17.4 Å². The van der Waals surface area contributed by atoms with Crippen LogP contribution in [0.3, 0.4) is 0 Å². The topological polar surface area (TPSA) is 58.6 Å². The van der Waals surface area contributed by atoms with Crippen molar-refractivity contribution in [2.75, 3.05) is 26.1 Å². The molecular weight excluding hydrogens is 340 g/mol. The number of anilines is 1. The van der Waals surface area contributed by atoms with E-state index in [0.29, 0.717) is 17.6 Å². The lowest BCUT2D eigenvalue weighted by Gasteiger charge is -2.39. The first-order chi connectivity index (χ1) is 12.6. The van der Waals surface area contributed by atoms with Gasteiger partial charge in [-0.05, 0) is 36.5 Å². The Balaban J connectivity index is 2.16. The summed E-state index contributed by atoms with van der Waals surface area (Å²) in [6.45, 7) is 6.08. The van der Waals surface area contributed by atoms with Crippen molar-refractivity contribution in [2.45, 2.75) is 39.5 Å². The van der Waals surface area contributed by atoms with E-state index in [1.54, 1.807) is 0 Å². The van der Waals surface area contributed by atoms with Crippen molar-refractivity contribution in [1.29, 1.82) is 0 Å². The molecule has 27 heavy (non-hydrogen) atoms. The molecule has 0 fully saturated rings. The van der Waals surface area contributed by atoms with Crippen molar-refractivity contribution in [2.24, 2.45) is 5.41 Å². The van der Waals surface area contributed by atoms with Crippen LogP contribution in [0.2, 0.25) is 0 Å². The summed E-state index contributed by atoms with van der Waals surface area (Å²) in [5.41, 5.74) is 4.82. The van der Waals surface area contributed by atoms with Gasteiger partial charge in [0.1, 0.15) is 0 Å². The Kier molecular flexibility index (Phi) is 4.89. The zero-order valence-corrected chi connectivity index (χ0v) is 17.0. The maximum atomic E-state index is 13.1. The first-order valence-electron chi connectivity index (χ1n) is 9.24. The number of benzene rings is 1. The van der Waals surface area contributed by atoms with E-state index in [4.69, 9.17) is 4.74 Å². The van der Waals surface area contributed by atoms with Gasteiger partial charge >= 0.3 is 5.97 Å². The van der Waals surface area contributed by atoms with Crippen LogP contribution in [-0.2, 0) is 14.3 Å². The second-order valence-corrected chi connectivity index (χ2v) is 8.41. The highest BCUT2D eigenvalue weighted by Gasteiger charge is 2.42. The molecule has 1 atom stereocenters. The van der Waals surface area contributed by atoms with Gasteiger partial charge in [0.25, 0.3) is 0 Å². The van der Waals surface area contributed by atoms with E-state index in [0.717, 1.165) is 29.1 Å². The summed E-state index contributed by atoms with van der Waals surface area (Å²) in [6.07, 6.45) is 1.26. The van der Waals surface area contributed by atoms with E-state index >= 15 is 0 Å². The minimum atomic E-state index is -0.397. The Labute approximate surface area is 161 Å². The molecule has 1 N–H and O–H groups in total. The lowest BCUT2D eigenvalue weighted by Crippen LogP contribution is -2.38. The quantitative estimate of drug-likeness (QED) is 0.827. The van der Waals surface area contributed by atoms with Crippen LogP contribution in [0.15, 0.2) is 46.8 Å². The van der Waals surface area contributed by atoms with E-state index in [-0.39, 0.29) is 11.2 Å². The number of ether oxygens (including phenoxy) is 1. The minimum absolute atomic E-state index is 0.0920. The van der Waals surface area contributed by atoms with Crippen LogP contribution >= 0.6 is 0 Å². The molecule has 0 amide bonds. The normalized spacial score (nSPS) is 21.6. The van der Waals surface area contributed by atoms with Crippen LogP contribution in [0.1, 0.15) is 45.1 Å². The Morgan fingerprint density at radius 1 is 1.19 bits per heavy atom. The Bertz CT molecular complexity index is 845. The number of hydrogen-bond acceptors (Lipinski definition) is 5.